The van der Waals surface area contributed by atoms with Crippen LogP contribution in [0.25, 0.3) is 10.6 Å². The molecule has 0 fully saturated rings. The molecule has 138 valence electrons. The SMILES string of the molecule is CC(C)S(=O)(=O)CCCCCCCc1nnc(-c2ccc(F)cc2)s1. The molecule has 0 amide bonds. The lowest BCUT2D eigenvalue weighted by Crippen LogP contribution is -2.17. The lowest BCUT2D eigenvalue weighted by molar-refractivity contribution is 0.577. The van der Waals surface area contributed by atoms with Crippen LogP contribution in [-0.4, -0.2) is 29.6 Å². The van der Waals surface area contributed by atoms with Gasteiger partial charge in [0.2, 0.25) is 0 Å². The van der Waals surface area contributed by atoms with E-state index in [0.29, 0.717) is 5.75 Å². The van der Waals surface area contributed by atoms with E-state index in [-0.39, 0.29) is 11.1 Å². The molecule has 0 bridgehead atoms. The Balaban J connectivity index is 1.65. The van der Waals surface area contributed by atoms with E-state index in [2.05, 4.69) is 10.2 Å². The highest BCUT2D eigenvalue weighted by Gasteiger charge is 2.14. The fourth-order valence-electron chi connectivity index (χ4n) is 2.41. The van der Waals surface area contributed by atoms with Gasteiger partial charge in [-0.25, -0.2) is 12.8 Å². The first kappa shape index (κ1) is 20.0. The van der Waals surface area contributed by atoms with Crippen molar-refractivity contribution in [2.75, 3.05) is 5.75 Å². The van der Waals surface area contributed by atoms with Crippen molar-refractivity contribution in [3.05, 3.63) is 35.1 Å². The van der Waals surface area contributed by atoms with Crippen molar-refractivity contribution in [2.24, 2.45) is 0 Å². The molecule has 1 aromatic heterocycles. The Kier molecular flexibility index (Phi) is 7.50. The summed E-state index contributed by atoms with van der Waals surface area (Å²) in [5, 5.41) is 9.89. The first-order chi connectivity index (χ1) is 11.9. The van der Waals surface area contributed by atoms with Gasteiger partial charge in [0.1, 0.15) is 15.8 Å². The predicted octanol–water partition coefficient (Wildman–Crippen LogP) is 4.66. The fourth-order valence-corrected chi connectivity index (χ4v) is 4.37. The minimum atomic E-state index is -2.90. The van der Waals surface area contributed by atoms with Crippen molar-refractivity contribution >= 4 is 21.2 Å². The van der Waals surface area contributed by atoms with Crippen molar-refractivity contribution in [3.63, 3.8) is 0 Å². The molecule has 25 heavy (non-hydrogen) atoms. The second-order valence-electron chi connectivity index (χ2n) is 6.44. The molecule has 2 rings (SSSR count). The average molecular weight is 385 g/mol. The lowest BCUT2D eigenvalue weighted by Gasteiger charge is -2.06. The normalized spacial score (nSPS) is 12.0. The molecule has 0 saturated heterocycles. The zero-order valence-corrected chi connectivity index (χ0v) is 16.4. The maximum atomic E-state index is 12.9. The molecule has 0 saturated carbocycles. The predicted molar refractivity (Wildman–Crippen MR) is 101 cm³/mol. The number of unbranched alkanes of at least 4 members (excludes halogenated alkanes) is 4. The van der Waals surface area contributed by atoms with Crippen LogP contribution < -0.4 is 0 Å². The average Bonchev–Trinajstić information content (AvgIpc) is 3.03. The second-order valence-corrected chi connectivity index (χ2v) is 10.2. The van der Waals surface area contributed by atoms with E-state index in [0.717, 1.165) is 54.1 Å². The van der Waals surface area contributed by atoms with Gasteiger partial charge >= 0.3 is 0 Å². The van der Waals surface area contributed by atoms with Gasteiger partial charge in [0.15, 0.2) is 9.84 Å². The molecule has 7 heteroatoms. The van der Waals surface area contributed by atoms with Crippen molar-refractivity contribution < 1.29 is 12.8 Å². The molecule has 0 unspecified atom stereocenters. The molecular weight excluding hydrogens is 359 g/mol. The molecule has 1 heterocycles. The van der Waals surface area contributed by atoms with E-state index in [1.54, 1.807) is 37.3 Å². The van der Waals surface area contributed by atoms with Gasteiger partial charge in [0, 0.05) is 12.0 Å². The summed E-state index contributed by atoms with van der Waals surface area (Å²) in [5.41, 5.74) is 0.886. The zero-order valence-electron chi connectivity index (χ0n) is 14.7. The Morgan fingerprint density at radius 3 is 2.32 bits per heavy atom. The number of nitrogens with zero attached hydrogens (tertiary/aromatic N) is 2. The number of benzene rings is 1. The molecular formula is C18H25FN2O2S2. The molecule has 0 radical (unpaired) electrons. The van der Waals surface area contributed by atoms with Crippen LogP contribution in [0.4, 0.5) is 4.39 Å². The molecule has 0 N–H and O–H groups in total. The van der Waals surface area contributed by atoms with Crippen LogP contribution in [0.5, 0.6) is 0 Å². The highest BCUT2D eigenvalue weighted by Crippen LogP contribution is 2.24. The van der Waals surface area contributed by atoms with E-state index < -0.39 is 9.84 Å². The standard InChI is InChI=1S/C18H25FN2O2S2/c1-14(2)25(22,23)13-7-5-3-4-6-8-17-20-21-18(24-17)15-9-11-16(19)12-10-15/h9-12,14H,3-8,13H2,1-2H3. The van der Waals surface area contributed by atoms with Crippen LogP contribution in [0.1, 0.15) is 51.0 Å². The molecule has 2 aromatic rings. The largest absolute Gasteiger partial charge is 0.229 e. The third kappa shape index (κ3) is 6.47. The Morgan fingerprint density at radius 2 is 1.64 bits per heavy atom. The maximum Gasteiger partial charge on any atom is 0.152 e. The van der Waals surface area contributed by atoms with Gasteiger partial charge in [-0.05, 0) is 51.0 Å². The van der Waals surface area contributed by atoms with Gasteiger partial charge in [-0.3, -0.25) is 0 Å². The van der Waals surface area contributed by atoms with Gasteiger partial charge in [0.25, 0.3) is 0 Å². The number of hydrogen-bond donors (Lipinski definition) is 0. The van der Waals surface area contributed by atoms with Crippen LogP contribution in [0.2, 0.25) is 0 Å². The number of aromatic nitrogens is 2. The highest BCUT2D eigenvalue weighted by atomic mass is 32.2. The van der Waals surface area contributed by atoms with Crippen LogP contribution in [0, 0.1) is 5.82 Å². The number of sulfone groups is 1. The number of aryl methyl sites for hydroxylation is 1. The molecule has 0 atom stereocenters. The Hall–Kier alpha value is -1.34. The van der Waals surface area contributed by atoms with Crippen LogP contribution in [-0.2, 0) is 16.3 Å². The molecule has 4 nitrogen and oxygen atoms in total. The first-order valence-corrected chi connectivity index (χ1v) is 11.2. The van der Waals surface area contributed by atoms with E-state index in [1.807, 2.05) is 0 Å². The lowest BCUT2D eigenvalue weighted by atomic mass is 10.1. The first-order valence-electron chi connectivity index (χ1n) is 8.68. The highest BCUT2D eigenvalue weighted by molar-refractivity contribution is 7.91. The van der Waals surface area contributed by atoms with Gasteiger partial charge in [0.05, 0.1) is 11.0 Å². The summed E-state index contributed by atoms with van der Waals surface area (Å²) in [6.07, 6.45) is 5.69. The molecule has 1 aromatic carbocycles. The van der Waals surface area contributed by atoms with E-state index in [4.69, 9.17) is 0 Å². The summed E-state index contributed by atoms with van der Waals surface area (Å²) in [6.45, 7) is 3.47. The second kappa shape index (κ2) is 9.38. The maximum absolute atomic E-state index is 12.9. The van der Waals surface area contributed by atoms with Gasteiger partial charge < -0.3 is 0 Å². The number of halogens is 1. The molecule has 0 spiro atoms. The fraction of sp³-hybridized carbons (Fsp3) is 0.556. The monoisotopic (exact) mass is 384 g/mol. The Labute approximate surface area is 153 Å². The third-order valence-electron chi connectivity index (χ3n) is 4.10. The minimum Gasteiger partial charge on any atom is -0.229 e. The van der Waals surface area contributed by atoms with Crippen molar-refractivity contribution in [2.45, 2.75) is 57.6 Å². The summed E-state index contributed by atoms with van der Waals surface area (Å²) in [7, 11) is -2.90. The van der Waals surface area contributed by atoms with Crippen molar-refractivity contribution in [3.8, 4) is 10.6 Å². The van der Waals surface area contributed by atoms with E-state index in [1.165, 1.54) is 12.1 Å². The van der Waals surface area contributed by atoms with Crippen molar-refractivity contribution in [1.29, 1.82) is 0 Å². The molecule has 0 aliphatic rings. The minimum absolute atomic E-state index is 0.255. The zero-order chi connectivity index (χ0) is 18.3. The summed E-state index contributed by atoms with van der Waals surface area (Å²) < 4.78 is 36.4. The Morgan fingerprint density at radius 1 is 1.00 bits per heavy atom. The van der Waals surface area contributed by atoms with Crippen LogP contribution in [0.3, 0.4) is 0 Å². The molecule has 0 aliphatic heterocycles. The number of hydrogen-bond acceptors (Lipinski definition) is 5. The van der Waals surface area contributed by atoms with Gasteiger partial charge in [-0.1, -0.05) is 30.6 Å². The summed E-state index contributed by atoms with van der Waals surface area (Å²) in [6, 6.07) is 6.28. The third-order valence-corrected chi connectivity index (χ3v) is 7.42. The summed E-state index contributed by atoms with van der Waals surface area (Å²) in [4.78, 5) is 0. The Bertz CT molecular complexity index is 756. The van der Waals surface area contributed by atoms with Gasteiger partial charge in [-0.2, -0.15) is 0 Å². The van der Waals surface area contributed by atoms with Gasteiger partial charge in [-0.15, -0.1) is 10.2 Å². The van der Waals surface area contributed by atoms with E-state index in [9.17, 15) is 12.8 Å². The molecule has 0 aliphatic carbocycles. The van der Waals surface area contributed by atoms with E-state index >= 15 is 0 Å². The quantitative estimate of drug-likeness (QED) is 0.559. The smallest absolute Gasteiger partial charge is 0.152 e. The topological polar surface area (TPSA) is 59.9 Å². The van der Waals surface area contributed by atoms with Crippen molar-refractivity contribution in [1.82, 2.24) is 10.2 Å². The number of rotatable bonds is 10. The van der Waals surface area contributed by atoms with Crippen LogP contribution in [0.15, 0.2) is 24.3 Å². The summed E-state index contributed by atoms with van der Waals surface area (Å²) >= 11 is 1.54. The summed E-state index contributed by atoms with van der Waals surface area (Å²) in [5.74, 6) is 0.0388. The van der Waals surface area contributed by atoms with Crippen LogP contribution >= 0.6 is 11.3 Å².